The molecule has 4 rings (SSSR count). The van der Waals surface area contributed by atoms with Crippen LogP contribution in [0.5, 0.6) is 0 Å². The van der Waals surface area contributed by atoms with Gasteiger partial charge in [-0.25, -0.2) is 0 Å². The molecule has 1 atom stereocenters. The summed E-state index contributed by atoms with van der Waals surface area (Å²) in [7, 11) is 0. The minimum atomic E-state index is -0.0424. The first-order valence-electron chi connectivity index (χ1n) is 11.0. The minimum Gasteiger partial charge on any atom is -0.463 e. The molecule has 1 aliphatic heterocycles. The second kappa shape index (κ2) is 10.9. The zero-order chi connectivity index (χ0) is 21.3. The van der Waals surface area contributed by atoms with Crippen molar-refractivity contribution in [2.45, 2.75) is 19.1 Å². The molecule has 1 amide bonds. The SMILES string of the molecule is O=C(C[NH2+][C@@H](c1ccccc1)c1ccco1)NCc1ccccc1C[NH+]1CCOCC1. The van der Waals surface area contributed by atoms with E-state index in [0.29, 0.717) is 13.1 Å². The number of ether oxygens (including phenoxy) is 1. The molecule has 1 aliphatic rings. The van der Waals surface area contributed by atoms with Crippen LogP contribution in [0.3, 0.4) is 0 Å². The average molecular weight is 422 g/mol. The topological polar surface area (TPSA) is 72.5 Å². The maximum absolute atomic E-state index is 12.6. The summed E-state index contributed by atoms with van der Waals surface area (Å²) in [5, 5.41) is 5.12. The summed E-state index contributed by atoms with van der Waals surface area (Å²) < 4.78 is 11.1. The average Bonchev–Trinajstić information content (AvgIpc) is 3.35. The molecule has 0 aliphatic carbocycles. The van der Waals surface area contributed by atoms with E-state index in [0.717, 1.165) is 44.2 Å². The molecule has 0 unspecified atom stereocenters. The third-order valence-corrected chi connectivity index (χ3v) is 5.78. The second-order valence-corrected chi connectivity index (χ2v) is 7.93. The molecular weight excluding hydrogens is 390 g/mol. The van der Waals surface area contributed by atoms with Gasteiger partial charge in [-0.05, 0) is 17.7 Å². The Kier molecular flexibility index (Phi) is 7.50. The fourth-order valence-corrected chi connectivity index (χ4v) is 4.04. The van der Waals surface area contributed by atoms with Crippen molar-refractivity contribution in [3.8, 4) is 0 Å². The Hall–Kier alpha value is -2.93. The van der Waals surface area contributed by atoms with Gasteiger partial charge in [0, 0.05) is 17.7 Å². The van der Waals surface area contributed by atoms with Crippen molar-refractivity contribution in [1.82, 2.24) is 5.32 Å². The van der Waals surface area contributed by atoms with Gasteiger partial charge in [0.1, 0.15) is 19.6 Å². The highest BCUT2D eigenvalue weighted by Crippen LogP contribution is 2.18. The molecule has 0 spiro atoms. The minimum absolute atomic E-state index is 0.0148. The van der Waals surface area contributed by atoms with Gasteiger partial charge in [-0.2, -0.15) is 0 Å². The quantitative estimate of drug-likeness (QED) is 0.475. The summed E-state index contributed by atoms with van der Waals surface area (Å²) in [6, 6.07) is 22.3. The van der Waals surface area contributed by atoms with E-state index in [-0.39, 0.29) is 11.9 Å². The van der Waals surface area contributed by atoms with Crippen molar-refractivity contribution < 1.29 is 24.2 Å². The van der Waals surface area contributed by atoms with Gasteiger partial charge in [0.15, 0.2) is 18.3 Å². The molecule has 0 saturated carbocycles. The zero-order valence-corrected chi connectivity index (χ0v) is 17.8. The fourth-order valence-electron chi connectivity index (χ4n) is 4.04. The lowest BCUT2D eigenvalue weighted by molar-refractivity contribution is -0.921. The van der Waals surface area contributed by atoms with Gasteiger partial charge in [0.05, 0.1) is 19.5 Å². The second-order valence-electron chi connectivity index (χ2n) is 7.93. The maximum Gasteiger partial charge on any atom is 0.275 e. The summed E-state index contributed by atoms with van der Waals surface area (Å²) >= 11 is 0. The Balaban J connectivity index is 1.33. The molecule has 162 valence electrons. The van der Waals surface area contributed by atoms with E-state index in [4.69, 9.17) is 9.15 Å². The normalized spacial score (nSPS) is 15.5. The standard InChI is InChI=1S/C25H29N3O3/c29-24(18-27-25(23-11-6-14-31-23)20-7-2-1-3-8-20)26-17-21-9-4-5-10-22(21)19-28-12-15-30-16-13-28/h1-11,14,25,27H,12-13,15-19H2,(H,26,29)/p+2/t25-/m0/s1. The Labute approximate surface area is 183 Å². The first kappa shape index (κ1) is 21.3. The third kappa shape index (κ3) is 6.04. The first-order valence-corrected chi connectivity index (χ1v) is 11.0. The molecule has 1 fully saturated rings. The van der Waals surface area contributed by atoms with E-state index in [9.17, 15) is 4.79 Å². The molecule has 0 bridgehead atoms. The van der Waals surface area contributed by atoms with Crippen LogP contribution >= 0.6 is 0 Å². The highest BCUT2D eigenvalue weighted by atomic mass is 16.5. The molecule has 1 saturated heterocycles. The number of morpholine rings is 1. The summed E-state index contributed by atoms with van der Waals surface area (Å²) in [5.74, 6) is 0.860. The Bertz CT molecular complexity index is 938. The van der Waals surface area contributed by atoms with E-state index >= 15 is 0 Å². The molecule has 1 aromatic heterocycles. The van der Waals surface area contributed by atoms with E-state index in [1.54, 1.807) is 6.26 Å². The van der Waals surface area contributed by atoms with Gasteiger partial charge in [-0.1, -0.05) is 54.6 Å². The lowest BCUT2D eigenvalue weighted by Crippen LogP contribution is -3.12. The number of furan rings is 1. The van der Waals surface area contributed by atoms with Gasteiger partial charge in [0.2, 0.25) is 0 Å². The number of carbonyl (C=O) groups excluding carboxylic acids is 1. The lowest BCUT2D eigenvalue weighted by Gasteiger charge is -2.24. The summed E-state index contributed by atoms with van der Waals surface area (Å²) in [6.45, 7) is 5.55. The molecule has 2 aromatic carbocycles. The number of carbonyl (C=O) groups is 1. The van der Waals surface area contributed by atoms with Crippen molar-refractivity contribution in [1.29, 1.82) is 0 Å². The summed E-state index contributed by atoms with van der Waals surface area (Å²) in [5.41, 5.74) is 3.59. The van der Waals surface area contributed by atoms with Gasteiger partial charge in [-0.15, -0.1) is 0 Å². The Morgan fingerprint density at radius 3 is 2.45 bits per heavy atom. The van der Waals surface area contributed by atoms with Crippen LogP contribution in [0.25, 0.3) is 0 Å². The van der Waals surface area contributed by atoms with Crippen LogP contribution in [-0.4, -0.2) is 38.8 Å². The van der Waals surface area contributed by atoms with E-state index in [2.05, 4.69) is 35.6 Å². The molecule has 0 radical (unpaired) electrons. The van der Waals surface area contributed by atoms with Crippen LogP contribution in [0, 0.1) is 0 Å². The zero-order valence-electron chi connectivity index (χ0n) is 17.8. The number of quaternary nitrogens is 2. The predicted octanol–water partition coefficient (Wildman–Crippen LogP) is 0.664. The number of hydrogen-bond donors (Lipinski definition) is 3. The van der Waals surface area contributed by atoms with Crippen LogP contribution in [0.1, 0.15) is 28.5 Å². The predicted molar refractivity (Wildman–Crippen MR) is 117 cm³/mol. The molecule has 2 heterocycles. The van der Waals surface area contributed by atoms with Crippen LogP contribution in [0.2, 0.25) is 0 Å². The largest absolute Gasteiger partial charge is 0.463 e. The lowest BCUT2D eigenvalue weighted by atomic mass is 10.0. The van der Waals surface area contributed by atoms with E-state index in [1.165, 1.54) is 16.0 Å². The van der Waals surface area contributed by atoms with Crippen LogP contribution in [-0.2, 0) is 22.6 Å². The van der Waals surface area contributed by atoms with Crippen LogP contribution in [0.4, 0.5) is 0 Å². The molecule has 4 N–H and O–H groups in total. The number of rotatable bonds is 9. The fraction of sp³-hybridized carbons (Fsp3) is 0.320. The monoisotopic (exact) mass is 421 g/mol. The molecule has 3 aromatic rings. The maximum atomic E-state index is 12.6. The number of hydrogen-bond acceptors (Lipinski definition) is 3. The molecular formula is C25H31N3O3+2. The summed E-state index contributed by atoms with van der Waals surface area (Å²) in [4.78, 5) is 14.2. The van der Waals surface area contributed by atoms with Gasteiger partial charge in [0.25, 0.3) is 5.91 Å². The van der Waals surface area contributed by atoms with Gasteiger partial charge in [-0.3, -0.25) is 4.79 Å². The van der Waals surface area contributed by atoms with Gasteiger partial charge < -0.3 is 24.7 Å². The van der Waals surface area contributed by atoms with Crippen molar-refractivity contribution >= 4 is 5.91 Å². The number of benzene rings is 2. The Morgan fingerprint density at radius 1 is 0.968 bits per heavy atom. The third-order valence-electron chi connectivity index (χ3n) is 5.78. The van der Waals surface area contributed by atoms with Crippen molar-refractivity contribution in [2.75, 3.05) is 32.8 Å². The van der Waals surface area contributed by atoms with Crippen molar-refractivity contribution in [3.63, 3.8) is 0 Å². The molecule has 31 heavy (non-hydrogen) atoms. The molecule has 6 heteroatoms. The van der Waals surface area contributed by atoms with Crippen molar-refractivity contribution in [3.05, 3.63) is 95.4 Å². The smallest absolute Gasteiger partial charge is 0.275 e. The number of nitrogens with one attached hydrogen (secondary N) is 2. The summed E-state index contributed by atoms with van der Waals surface area (Å²) in [6.07, 6.45) is 1.67. The highest BCUT2D eigenvalue weighted by Gasteiger charge is 2.21. The molecule has 6 nitrogen and oxygen atoms in total. The Morgan fingerprint density at radius 2 is 1.71 bits per heavy atom. The van der Waals surface area contributed by atoms with Crippen molar-refractivity contribution in [2.24, 2.45) is 0 Å². The van der Waals surface area contributed by atoms with Crippen LogP contribution in [0.15, 0.2) is 77.4 Å². The first-order chi connectivity index (χ1) is 15.3. The highest BCUT2D eigenvalue weighted by molar-refractivity contribution is 5.76. The van der Waals surface area contributed by atoms with E-state index < -0.39 is 0 Å². The van der Waals surface area contributed by atoms with Gasteiger partial charge >= 0.3 is 0 Å². The van der Waals surface area contributed by atoms with E-state index in [1.807, 2.05) is 41.7 Å². The number of amides is 1. The van der Waals surface area contributed by atoms with Crippen LogP contribution < -0.4 is 15.5 Å². The number of nitrogens with two attached hydrogens (primary N) is 1.